The molecule has 3 aromatic carbocycles. The second-order valence-electron chi connectivity index (χ2n) is 7.19. The SMILES string of the molecule is Nc1nc(-c2ccc(OCc3c(F)cccc3Cl)cc2O)c(-c2ccccc2)c(C(F)(F)F)n1. The van der Waals surface area contributed by atoms with Gasteiger partial charge in [-0.3, -0.25) is 0 Å². The van der Waals surface area contributed by atoms with Crippen LogP contribution in [0.3, 0.4) is 0 Å². The molecular formula is C24H16ClF4N3O2. The first kappa shape index (κ1) is 23.3. The maximum Gasteiger partial charge on any atom is 0.434 e. The molecule has 0 aliphatic heterocycles. The van der Waals surface area contributed by atoms with Crippen LogP contribution in [0.4, 0.5) is 23.5 Å². The Bertz CT molecular complexity index is 1330. The third-order valence-corrected chi connectivity index (χ3v) is 5.28. The van der Waals surface area contributed by atoms with Gasteiger partial charge in [0.1, 0.15) is 23.9 Å². The van der Waals surface area contributed by atoms with E-state index in [0.29, 0.717) is 0 Å². The average Bonchev–Trinajstić information content (AvgIpc) is 2.78. The Morgan fingerprint density at radius 1 is 0.971 bits per heavy atom. The minimum atomic E-state index is -4.82. The van der Waals surface area contributed by atoms with Crippen molar-refractivity contribution in [3.8, 4) is 33.9 Å². The van der Waals surface area contributed by atoms with Gasteiger partial charge in [0.15, 0.2) is 5.69 Å². The van der Waals surface area contributed by atoms with Crippen LogP contribution in [0.1, 0.15) is 11.3 Å². The van der Waals surface area contributed by atoms with Gasteiger partial charge < -0.3 is 15.6 Å². The van der Waals surface area contributed by atoms with E-state index >= 15 is 0 Å². The topological polar surface area (TPSA) is 81.3 Å². The lowest BCUT2D eigenvalue weighted by molar-refractivity contribution is -0.140. The van der Waals surface area contributed by atoms with Crippen molar-refractivity contribution >= 4 is 17.5 Å². The Hall–Kier alpha value is -3.85. The molecule has 174 valence electrons. The van der Waals surface area contributed by atoms with E-state index in [-0.39, 0.29) is 45.3 Å². The minimum absolute atomic E-state index is 0.0188. The molecule has 0 aliphatic carbocycles. The number of aromatic hydroxyl groups is 1. The number of nitrogens with two attached hydrogens (primary N) is 1. The first-order chi connectivity index (χ1) is 16.1. The zero-order chi connectivity index (χ0) is 24.5. The molecule has 34 heavy (non-hydrogen) atoms. The van der Waals surface area contributed by atoms with Crippen LogP contribution in [-0.2, 0) is 12.8 Å². The molecule has 1 aromatic heterocycles. The molecule has 0 amide bonds. The smallest absolute Gasteiger partial charge is 0.434 e. The molecule has 4 rings (SSSR count). The highest BCUT2D eigenvalue weighted by atomic mass is 35.5. The number of aromatic nitrogens is 2. The Balaban J connectivity index is 1.77. The van der Waals surface area contributed by atoms with Crippen LogP contribution in [-0.4, -0.2) is 15.1 Å². The van der Waals surface area contributed by atoms with Gasteiger partial charge in [0.2, 0.25) is 5.95 Å². The fourth-order valence-corrected chi connectivity index (χ4v) is 3.60. The third-order valence-electron chi connectivity index (χ3n) is 4.93. The summed E-state index contributed by atoms with van der Waals surface area (Å²) in [5.41, 5.74) is 4.12. The van der Waals surface area contributed by atoms with Crippen LogP contribution < -0.4 is 10.5 Å². The van der Waals surface area contributed by atoms with Crippen molar-refractivity contribution in [2.24, 2.45) is 0 Å². The van der Waals surface area contributed by atoms with E-state index in [1.54, 1.807) is 18.2 Å². The van der Waals surface area contributed by atoms with E-state index < -0.39 is 29.4 Å². The number of anilines is 1. The first-order valence-electron chi connectivity index (χ1n) is 9.84. The number of hydrogen-bond donors (Lipinski definition) is 2. The van der Waals surface area contributed by atoms with Gasteiger partial charge in [0.25, 0.3) is 0 Å². The van der Waals surface area contributed by atoms with Crippen LogP contribution in [0.5, 0.6) is 11.5 Å². The number of nitrogens with zero attached hydrogens (tertiary/aromatic N) is 2. The number of benzene rings is 3. The highest BCUT2D eigenvalue weighted by Gasteiger charge is 2.38. The maximum absolute atomic E-state index is 14.0. The van der Waals surface area contributed by atoms with Crippen LogP contribution in [0.2, 0.25) is 5.02 Å². The highest BCUT2D eigenvalue weighted by Crippen LogP contribution is 2.43. The Kier molecular flexibility index (Phi) is 6.30. The van der Waals surface area contributed by atoms with Gasteiger partial charge in [0.05, 0.1) is 10.7 Å². The number of phenols is 1. The van der Waals surface area contributed by atoms with E-state index in [2.05, 4.69) is 9.97 Å². The quantitative estimate of drug-likeness (QED) is 0.313. The minimum Gasteiger partial charge on any atom is -0.507 e. The Morgan fingerprint density at radius 2 is 1.71 bits per heavy atom. The normalized spacial score (nSPS) is 11.4. The van der Waals surface area contributed by atoms with Crippen molar-refractivity contribution in [2.45, 2.75) is 12.8 Å². The lowest BCUT2D eigenvalue weighted by Crippen LogP contribution is -2.14. The Labute approximate surface area is 196 Å². The van der Waals surface area contributed by atoms with Gasteiger partial charge in [-0.2, -0.15) is 13.2 Å². The fraction of sp³-hybridized carbons (Fsp3) is 0.0833. The first-order valence-corrected chi connectivity index (χ1v) is 10.2. The van der Waals surface area contributed by atoms with E-state index in [9.17, 15) is 22.7 Å². The van der Waals surface area contributed by atoms with Gasteiger partial charge >= 0.3 is 6.18 Å². The second kappa shape index (κ2) is 9.18. The molecule has 0 saturated carbocycles. The summed E-state index contributed by atoms with van der Waals surface area (Å²) in [6.45, 7) is -0.224. The van der Waals surface area contributed by atoms with Crippen molar-refractivity contribution in [3.05, 3.63) is 88.8 Å². The monoisotopic (exact) mass is 489 g/mol. The highest BCUT2D eigenvalue weighted by molar-refractivity contribution is 6.31. The number of hydrogen-bond acceptors (Lipinski definition) is 5. The van der Waals surface area contributed by atoms with Crippen LogP contribution in [0, 0.1) is 5.82 Å². The summed E-state index contributed by atoms with van der Waals surface area (Å²) in [4.78, 5) is 7.42. The van der Waals surface area contributed by atoms with Crippen LogP contribution in [0.15, 0.2) is 66.7 Å². The van der Waals surface area contributed by atoms with Crippen molar-refractivity contribution in [3.63, 3.8) is 0 Å². The molecular weight excluding hydrogens is 474 g/mol. The molecule has 0 bridgehead atoms. The van der Waals surface area contributed by atoms with Crippen molar-refractivity contribution < 1.29 is 27.4 Å². The second-order valence-corrected chi connectivity index (χ2v) is 7.59. The largest absolute Gasteiger partial charge is 0.507 e. The molecule has 0 spiro atoms. The van der Waals surface area contributed by atoms with Crippen LogP contribution in [0.25, 0.3) is 22.4 Å². The summed E-state index contributed by atoms with van der Waals surface area (Å²) >= 11 is 5.99. The number of rotatable bonds is 5. The lowest BCUT2D eigenvalue weighted by Gasteiger charge is -2.17. The molecule has 0 unspecified atom stereocenters. The summed E-state index contributed by atoms with van der Waals surface area (Å²) in [6, 6.07) is 15.9. The van der Waals surface area contributed by atoms with E-state index in [0.717, 1.165) is 0 Å². The zero-order valence-electron chi connectivity index (χ0n) is 17.3. The van der Waals surface area contributed by atoms with Crippen molar-refractivity contribution in [2.75, 3.05) is 5.73 Å². The van der Waals surface area contributed by atoms with Gasteiger partial charge in [-0.25, -0.2) is 14.4 Å². The number of nitrogen functional groups attached to an aromatic ring is 1. The van der Waals surface area contributed by atoms with Gasteiger partial charge in [-0.15, -0.1) is 0 Å². The number of halogens is 5. The predicted molar refractivity (Wildman–Crippen MR) is 120 cm³/mol. The molecule has 0 aliphatic rings. The summed E-state index contributed by atoms with van der Waals surface area (Å²) < 4.78 is 61.0. The third kappa shape index (κ3) is 4.74. The molecule has 5 nitrogen and oxygen atoms in total. The average molecular weight is 490 g/mol. The van der Waals surface area contributed by atoms with Crippen LogP contribution >= 0.6 is 11.6 Å². The fourth-order valence-electron chi connectivity index (χ4n) is 3.38. The van der Waals surface area contributed by atoms with Crippen molar-refractivity contribution in [1.29, 1.82) is 0 Å². The molecule has 1 heterocycles. The van der Waals surface area contributed by atoms with Gasteiger partial charge in [-0.1, -0.05) is 48.0 Å². The molecule has 3 N–H and O–H groups in total. The number of phenolic OH excluding ortho intramolecular Hbond substituents is 1. The van der Waals surface area contributed by atoms with Crippen molar-refractivity contribution in [1.82, 2.24) is 9.97 Å². The zero-order valence-corrected chi connectivity index (χ0v) is 18.0. The number of alkyl halides is 3. The lowest BCUT2D eigenvalue weighted by atomic mass is 9.96. The summed E-state index contributed by atoms with van der Waals surface area (Å²) in [7, 11) is 0. The molecule has 10 heteroatoms. The van der Waals surface area contributed by atoms with Gasteiger partial charge in [-0.05, 0) is 29.8 Å². The summed E-state index contributed by atoms with van der Waals surface area (Å²) in [5.74, 6) is -1.44. The summed E-state index contributed by atoms with van der Waals surface area (Å²) in [6.07, 6.45) is -4.82. The number of ether oxygens (including phenoxy) is 1. The maximum atomic E-state index is 14.0. The molecule has 0 radical (unpaired) electrons. The molecule has 0 fully saturated rings. The Morgan fingerprint density at radius 3 is 2.35 bits per heavy atom. The predicted octanol–water partition coefficient (Wildman–Crippen LogP) is 6.49. The van der Waals surface area contributed by atoms with E-state index in [1.807, 2.05) is 0 Å². The van der Waals surface area contributed by atoms with E-state index in [1.165, 1.54) is 48.5 Å². The summed E-state index contributed by atoms with van der Waals surface area (Å²) in [5, 5.41) is 10.8. The molecule has 0 saturated heterocycles. The standard InChI is InChI=1S/C24H16ClF4N3O2/c25-17-7-4-8-18(26)16(17)12-34-14-9-10-15(19(33)11-14)21-20(13-5-2-1-3-6-13)22(24(27,28)29)32-23(30)31-21/h1-11,33H,12H2,(H2,30,31,32). The molecule has 4 aromatic rings. The van der Waals surface area contributed by atoms with E-state index in [4.69, 9.17) is 22.1 Å². The molecule has 0 atom stereocenters. The van der Waals surface area contributed by atoms with Gasteiger partial charge in [0, 0.05) is 22.8 Å².